The van der Waals surface area contributed by atoms with Gasteiger partial charge in [-0.2, -0.15) is 0 Å². The predicted octanol–water partition coefficient (Wildman–Crippen LogP) is 3.29. The van der Waals surface area contributed by atoms with Gasteiger partial charge in [0.15, 0.2) is 11.5 Å². The van der Waals surface area contributed by atoms with Gasteiger partial charge in [-0.3, -0.25) is 0 Å². The van der Waals surface area contributed by atoms with Gasteiger partial charge in [-0.25, -0.2) is 13.1 Å². The molecule has 0 amide bonds. The molecule has 0 saturated heterocycles. The molecule has 0 fully saturated rings. The summed E-state index contributed by atoms with van der Waals surface area (Å²) in [4.78, 5) is 0. The summed E-state index contributed by atoms with van der Waals surface area (Å²) in [6.45, 7) is 4.72. The molecule has 0 aromatic heterocycles. The van der Waals surface area contributed by atoms with Crippen LogP contribution in [-0.4, -0.2) is 26.4 Å². The number of hydrogen-bond acceptors (Lipinski definition) is 4. The monoisotopic (exact) mass is 375 g/mol. The lowest BCUT2D eigenvalue weighted by atomic mass is 10.0. The molecule has 0 radical (unpaired) electrons. The Labute approximate surface area is 155 Å². The molecule has 140 valence electrons. The summed E-state index contributed by atoms with van der Waals surface area (Å²) in [5.74, 6) is 1.49. The van der Waals surface area contributed by atoms with Crippen molar-refractivity contribution >= 4 is 10.0 Å². The number of hydrogen-bond donors (Lipinski definition) is 1. The van der Waals surface area contributed by atoms with Crippen molar-refractivity contribution in [1.82, 2.24) is 4.72 Å². The van der Waals surface area contributed by atoms with E-state index in [1.807, 2.05) is 62.4 Å². The number of rotatable bonds is 8. The molecule has 0 atom stereocenters. The average Bonchev–Trinajstić information content (AvgIpc) is 2.92. The Bertz CT molecular complexity index is 847. The molecule has 1 heterocycles. The molecule has 0 aliphatic carbocycles. The molecule has 1 aliphatic rings. The van der Waals surface area contributed by atoms with Gasteiger partial charge in [-0.1, -0.05) is 42.5 Å². The van der Waals surface area contributed by atoms with Crippen LogP contribution in [0.3, 0.4) is 0 Å². The van der Waals surface area contributed by atoms with Crippen LogP contribution in [0.4, 0.5) is 0 Å². The topological polar surface area (TPSA) is 64.6 Å². The van der Waals surface area contributed by atoms with Gasteiger partial charge in [0.2, 0.25) is 10.0 Å². The summed E-state index contributed by atoms with van der Waals surface area (Å²) in [7, 11) is -3.33. The third-order valence-corrected chi connectivity index (χ3v) is 5.62. The number of benzene rings is 2. The first-order chi connectivity index (χ1) is 12.3. The Morgan fingerprint density at radius 1 is 1.12 bits per heavy atom. The van der Waals surface area contributed by atoms with E-state index in [0.29, 0.717) is 25.3 Å². The van der Waals surface area contributed by atoms with Crippen molar-refractivity contribution in [3.05, 3.63) is 59.7 Å². The standard InChI is InChI=1S/C20H25NO4S/c1-20(2)14-17-10-6-11-18(19(17)25-20)24-12-7-13-26(22,23)21-15-16-8-4-3-5-9-16/h3-6,8-11,21H,7,12-15H2,1-2H3. The summed E-state index contributed by atoms with van der Waals surface area (Å²) in [6.07, 6.45) is 1.26. The highest BCUT2D eigenvalue weighted by Gasteiger charge is 2.32. The normalized spacial score (nSPS) is 15.3. The van der Waals surface area contributed by atoms with E-state index in [0.717, 1.165) is 23.3 Å². The number of sulfonamides is 1. The van der Waals surface area contributed by atoms with Crippen LogP contribution in [0.2, 0.25) is 0 Å². The van der Waals surface area contributed by atoms with Crippen LogP contribution in [0.15, 0.2) is 48.5 Å². The lowest BCUT2D eigenvalue weighted by molar-refractivity contribution is 0.132. The fourth-order valence-corrected chi connectivity index (χ4v) is 4.02. The molecular formula is C20H25NO4S. The molecule has 0 bridgehead atoms. The molecule has 0 unspecified atom stereocenters. The zero-order chi connectivity index (χ0) is 18.6. The summed E-state index contributed by atoms with van der Waals surface area (Å²) in [5.41, 5.74) is 1.84. The largest absolute Gasteiger partial charge is 0.490 e. The molecule has 2 aromatic rings. The summed E-state index contributed by atoms with van der Waals surface area (Å²) < 4.78 is 38.5. The Kier molecular flexibility index (Phi) is 5.53. The summed E-state index contributed by atoms with van der Waals surface area (Å²) in [5, 5.41) is 0. The molecule has 1 aliphatic heterocycles. The fraction of sp³-hybridized carbons (Fsp3) is 0.400. The highest BCUT2D eigenvalue weighted by atomic mass is 32.2. The third kappa shape index (κ3) is 4.99. The van der Waals surface area contributed by atoms with Gasteiger partial charge in [0.1, 0.15) is 5.60 Å². The SMILES string of the molecule is CC1(C)Cc2cccc(OCCCS(=O)(=O)NCc3ccccc3)c2O1. The lowest BCUT2D eigenvalue weighted by Crippen LogP contribution is -2.26. The van der Waals surface area contributed by atoms with E-state index in [1.165, 1.54) is 0 Å². The zero-order valence-corrected chi connectivity index (χ0v) is 16.0. The van der Waals surface area contributed by atoms with Crippen LogP contribution in [0, 0.1) is 0 Å². The molecule has 2 aromatic carbocycles. The van der Waals surface area contributed by atoms with Gasteiger partial charge < -0.3 is 9.47 Å². The zero-order valence-electron chi connectivity index (χ0n) is 15.2. The van der Waals surface area contributed by atoms with E-state index < -0.39 is 10.0 Å². The molecule has 1 N–H and O–H groups in total. The van der Waals surface area contributed by atoms with Crippen LogP contribution in [0.5, 0.6) is 11.5 Å². The van der Waals surface area contributed by atoms with E-state index >= 15 is 0 Å². The van der Waals surface area contributed by atoms with Crippen molar-refractivity contribution in [2.24, 2.45) is 0 Å². The Morgan fingerprint density at radius 2 is 1.88 bits per heavy atom. The molecule has 0 spiro atoms. The number of ether oxygens (including phenoxy) is 2. The highest BCUT2D eigenvalue weighted by molar-refractivity contribution is 7.89. The Hall–Kier alpha value is -2.05. The van der Waals surface area contributed by atoms with E-state index in [1.54, 1.807) is 0 Å². The third-order valence-electron chi connectivity index (χ3n) is 4.21. The maximum atomic E-state index is 12.1. The van der Waals surface area contributed by atoms with Crippen LogP contribution in [0.1, 0.15) is 31.4 Å². The van der Waals surface area contributed by atoms with Gasteiger partial charge in [-0.15, -0.1) is 0 Å². The van der Waals surface area contributed by atoms with Gasteiger partial charge in [0, 0.05) is 18.5 Å². The second kappa shape index (κ2) is 7.68. The maximum Gasteiger partial charge on any atom is 0.212 e. The minimum absolute atomic E-state index is 0.0290. The lowest BCUT2D eigenvalue weighted by Gasteiger charge is -2.18. The van der Waals surface area contributed by atoms with Crippen LogP contribution >= 0.6 is 0 Å². The van der Waals surface area contributed by atoms with Crippen LogP contribution in [-0.2, 0) is 23.0 Å². The number of nitrogens with one attached hydrogen (secondary N) is 1. The molecule has 3 rings (SSSR count). The van der Waals surface area contributed by atoms with E-state index in [-0.39, 0.29) is 11.4 Å². The van der Waals surface area contributed by atoms with Gasteiger partial charge in [0.25, 0.3) is 0 Å². The molecule has 6 heteroatoms. The Balaban J connectivity index is 1.47. The minimum atomic E-state index is -3.33. The van der Waals surface area contributed by atoms with Crippen molar-refractivity contribution in [2.45, 2.75) is 38.8 Å². The summed E-state index contributed by atoms with van der Waals surface area (Å²) in [6, 6.07) is 15.3. The van der Waals surface area contributed by atoms with Crippen LogP contribution < -0.4 is 14.2 Å². The molecule has 26 heavy (non-hydrogen) atoms. The highest BCUT2D eigenvalue weighted by Crippen LogP contribution is 2.41. The van der Waals surface area contributed by atoms with Crippen molar-refractivity contribution in [3.8, 4) is 11.5 Å². The second-order valence-electron chi connectivity index (χ2n) is 7.11. The quantitative estimate of drug-likeness (QED) is 0.719. The van der Waals surface area contributed by atoms with Gasteiger partial charge >= 0.3 is 0 Å². The first kappa shape index (κ1) is 18.7. The molecule has 5 nitrogen and oxygen atoms in total. The second-order valence-corrected chi connectivity index (χ2v) is 9.04. The first-order valence-corrected chi connectivity index (χ1v) is 10.4. The van der Waals surface area contributed by atoms with E-state index in [2.05, 4.69) is 4.72 Å². The summed E-state index contributed by atoms with van der Waals surface area (Å²) >= 11 is 0. The first-order valence-electron chi connectivity index (χ1n) is 8.80. The smallest absolute Gasteiger partial charge is 0.212 e. The van der Waals surface area contributed by atoms with Crippen molar-refractivity contribution in [3.63, 3.8) is 0 Å². The van der Waals surface area contributed by atoms with Gasteiger partial charge in [-0.05, 0) is 31.9 Å². The fourth-order valence-electron chi connectivity index (χ4n) is 2.99. The molecule has 0 saturated carbocycles. The number of fused-ring (bicyclic) bond motifs is 1. The minimum Gasteiger partial charge on any atom is -0.490 e. The maximum absolute atomic E-state index is 12.1. The average molecular weight is 375 g/mol. The van der Waals surface area contributed by atoms with E-state index in [9.17, 15) is 8.42 Å². The van der Waals surface area contributed by atoms with Gasteiger partial charge in [0.05, 0.1) is 12.4 Å². The van der Waals surface area contributed by atoms with E-state index in [4.69, 9.17) is 9.47 Å². The van der Waals surface area contributed by atoms with Crippen LogP contribution in [0.25, 0.3) is 0 Å². The van der Waals surface area contributed by atoms with Crippen molar-refractivity contribution in [2.75, 3.05) is 12.4 Å². The Morgan fingerprint density at radius 3 is 2.65 bits per heavy atom. The predicted molar refractivity (Wildman–Crippen MR) is 102 cm³/mol. The van der Waals surface area contributed by atoms with Crippen molar-refractivity contribution < 1.29 is 17.9 Å². The van der Waals surface area contributed by atoms with Crippen molar-refractivity contribution in [1.29, 1.82) is 0 Å². The number of para-hydroxylation sites is 1. The molecular weight excluding hydrogens is 350 g/mol.